The van der Waals surface area contributed by atoms with E-state index in [4.69, 9.17) is 0 Å². The van der Waals surface area contributed by atoms with E-state index in [1.807, 2.05) is 48.5 Å². The molecule has 3 amide bonds. The van der Waals surface area contributed by atoms with E-state index in [0.717, 1.165) is 5.56 Å². The Hall–Kier alpha value is -3.03. The molecule has 4 N–H and O–H groups in total. The smallest absolute Gasteiger partial charge is 0.291 e. The fraction of sp³-hybridized carbons (Fsp3) is 0.348. The zero-order valence-electron chi connectivity index (χ0n) is 16.6. The van der Waals surface area contributed by atoms with Crippen LogP contribution in [0.25, 0.3) is 0 Å². The highest BCUT2D eigenvalue weighted by molar-refractivity contribution is 6.13. The second-order valence-electron chi connectivity index (χ2n) is 8.42. The van der Waals surface area contributed by atoms with Crippen LogP contribution >= 0.6 is 0 Å². The minimum Gasteiger partial charge on any atom is -0.387 e. The van der Waals surface area contributed by atoms with Gasteiger partial charge in [0.05, 0.1) is 5.69 Å². The number of quaternary nitrogens is 1. The molecular formula is C23H24N3O4+. The van der Waals surface area contributed by atoms with Crippen LogP contribution in [0.15, 0.2) is 54.6 Å². The largest absolute Gasteiger partial charge is 0.387 e. The Kier molecular flexibility index (Phi) is 4.27. The van der Waals surface area contributed by atoms with Crippen LogP contribution in [0.5, 0.6) is 0 Å². The summed E-state index contributed by atoms with van der Waals surface area (Å²) in [6.07, 6.45) is -0.292. The summed E-state index contributed by atoms with van der Waals surface area (Å²) in [6.45, 7) is 1.88. The highest BCUT2D eigenvalue weighted by atomic mass is 16.3. The summed E-state index contributed by atoms with van der Waals surface area (Å²) >= 11 is 0. The first-order valence-corrected chi connectivity index (χ1v) is 10.3. The van der Waals surface area contributed by atoms with E-state index in [2.05, 4.69) is 5.32 Å². The molecule has 2 saturated heterocycles. The molecule has 2 aromatic rings. The maximum atomic E-state index is 13.5. The van der Waals surface area contributed by atoms with Gasteiger partial charge in [-0.3, -0.25) is 19.3 Å². The number of rotatable bonds is 4. The second kappa shape index (κ2) is 6.75. The van der Waals surface area contributed by atoms with Gasteiger partial charge in [-0.25, -0.2) is 0 Å². The maximum absolute atomic E-state index is 13.5. The highest BCUT2D eigenvalue weighted by Crippen LogP contribution is 2.49. The van der Waals surface area contributed by atoms with Gasteiger partial charge in [0.2, 0.25) is 17.4 Å². The van der Waals surface area contributed by atoms with E-state index in [9.17, 15) is 19.5 Å². The molecule has 0 unspecified atom stereocenters. The number of para-hydroxylation sites is 1. The van der Waals surface area contributed by atoms with Crippen molar-refractivity contribution < 1.29 is 24.8 Å². The Labute approximate surface area is 174 Å². The van der Waals surface area contributed by atoms with Crippen molar-refractivity contribution in [3.8, 4) is 0 Å². The number of nitrogens with one attached hydrogen (secondary N) is 1. The third-order valence-corrected chi connectivity index (χ3v) is 6.82. The molecule has 154 valence electrons. The molecule has 3 aliphatic rings. The molecule has 0 aliphatic carbocycles. The molecule has 1 spiro atoms. The SMILES string of the molecule is C[C@@H](O)[C@@H]1[NH2+][C@]2(C(=O)Nc3ccccc32)[C@@H]2C(=O)N(CCc3ccccc3)C(=O)[C@H]12. The second-order valence-corrected chi connectivity index (χ2v) is 8.42. The maximum Gasteiger partial charge on any atom is 0.291 e. The summed E-state index contributed by atoms with van der Waals surface area (Å²) in [5, 5.41) is 15.1. The predicted octanol–water partition coefficient (Wildman–Crippen LogP) is 0.00430. The molecule has 3 aliphatic heterocycles. The van der Waals surface area contributed by atoms with Gasteiger partial charge < -0.3 is 15.7 Å². The van der Waals surface area contributed by atoms with Gasteiger partial charge in [0.1, 0.15) is 24.0 Å². The van der Waals surface area contributed by atoms with Crippen molar-refractivity contribution in [2.24, 2.45) is 11.8 Å². The number of amides is 3. The number of anilines is 1. The van der Waals surface area contributed by atoms with Gasteiger partial charge in [0.25, 0.3) is 5.91 Å². The number of likely N-dealkylation sites (tertiary alicyclic amines) is 1. The molecule has 3 heterocycles. The minimum atomic E-state index is -1.23. The summed E-state index contributed by atoms with van der Waals surface area (Å²) in [4.78, 5) is 41.4. The summed E-state index contributed by atoms with van der Waals surface area (Å²) in [6, 6.07) is 16.4. The Morgan fingerprint density at radius 2 is 1.77 bits per heavy atom. The number of fused-ring (bicyclic) bond motifs is 4. The topological polar surface area (TPSA) is 103 Å². The lowest BCUT2D eigenvalue weighted by Crippen LogP contribution is -3.00. The third kappa shape index (κ3) is 2.49. The Balaban J connectivity index is 1.54. The number of imide groups is 1. The van der Waals surface area contributed by atoms with Gasteiger partial charge in [-0.1, -0.05) is 48.5 Å². The van der Waals surface area contributed by atoms with Crippen LogP contribution in [-0.4, -0.2) is 46.4 Å². The molecule has 0 aromatic heterocycles. The average molecular weight is 406 g/mol. The summed E-state index contributed by atoms with van der Waals surface area (Å²) in [7, 11) is 0. The van der Waals surface area contributed by atoms with Crippen LogP contribution in [-0.2, 0) is 26.3 Å². The van der Waals surface area contributed by atoms with E-state index >= 15 is 0 Å². The minimum absolute atomic E-state index is 0.264. The average Bonchev–Trinajstić information content (AvgIpc) is 3.33. The number of nitrogens with zero attached hydrogens (tertiary/aromatic N) is 1. The van der Waals surface area contributed by atoms with Gasteiger partial charge >= 0.3 is 0 Å². The zero-order valence-corrected chi connectivity index (χ0v) is 16.6. The fourth-order valence-corrected chi connectivity index (χ4v) is 5.45. The van der Waals surface area contributed by atoms with Crippen molar-refractivity contribution in [3.63, 3.8) is 0 Å². The van der Waals surface area contributed by atoms with E-state index in [1.54, 1.807) is 18.3 Å². The molecule has 0 bridgehead atoms. The van der Waals surface area contributed by atoms with Gasteiger partial charge in [0.15, 0.2) is 0 Å². The summed E-state index contributed by atoms with van der Waals surface area (Å²) in [5.41, 5.74) is 1.18. The molecule has 5 rings (SSSR count). The van der Waals surface area contributed by atoms with Crippen LogP contribution in [0.4, 0.5) is 5.69 Å². The van der Waals surface area contributed by atoms with Crippen LogP contribution in [0.2, 0.25) is 0 Å². The van der Waals surface area contributed by atoms with Gasteiger partial charge in [-0.05, 0) is 25.0 Å². The van der Waals surface area contributed by atoms with Crippen molar-refractivity contribution in [2.75, 3.05) is 11.9 Å². The van der Waals surface area contributed by atoms with Gasteiger partial charge in [-0.15, -0.1) is 0 Å². The molecule has 5 atom stereocenters. The van der Waals surface area contributed by atoms with Crippen molar-refractivity contribution in [3.05, 3.63) is 65.7 Å². The number of aliphatic hydroxyl groups is 1. The van der Waals surface area contributed by atoms with Crippen molar-refractivity contribution >= 4 is 23.4 Å². The van der Waals surface area contributed by atoms with Gasteiger partial charge in [0, 0.05) is 12.1 Å². The zero-order chi connectivity index (χ0) is 21.0. The van der Waals surface area contributed by atoms with Crippen LogP contribution in [0.1, 0.15) is 18.1 Å². The van der Waals surface area contributed by atoms with Crippen LogP contribution in [0.3, 0.4) is 0 Å². The first-order valence-electron chi connectivity index (χ1n) is 10.3. The number of carbonyl (C=O) groups is 3. The van der Waals surface area contributed by atoms with Crippen LogP contribution < -0.4 is 10.6 Å². The van der Waals surface area contributed by atoms with E-state index in [0.29, 0.717) is 17.7 Å². The van der Waals surface area contributed by atoms with Gasteiger partial charge in [-0.2, -0.15) is 0 Å². The molecular weight excluding hydrogens is 382 g/mol. The molecule has 2 aromatic carbocycles. The third-order valence-electron chi connectivity index (χ3n) is 6.82. The summed E-state index contributed by atoms with van der Waals surface area (Å²) in [5.74, 6) is -2.48. The molecule has 0 radical (unpaired) electrons. The summed E-state index contributed by atoms with van der Waals surface area (Å²) < 4.78 is 0. The number of nitrogens with two attached hydrogens (primary N) is 1. The van der Waals surface area contributed by atoms with Crippen molar-refractivity contribution in [1.82, 2.24) is 4.90 Å². The fourth-order valence-electron chi connectivity index (χ4n) is 5.45. The Bertz CT molecular complexity index is 1040. The lowest BCUT2D eigenvalue weighted by atomic mass is 9.76. The number of hydrogen-bond donors (Lipinski definition) is 3. The number of benzene rings is 2. The Morgan fingerprint density at radius 1 is 1.07 bits per heavy atom. The highest BCUT2D eigenvalue weighted by Gasteiger charge is 2.74. The monoisotopic (exact) mass is 406 g/mol. The molecule has 2 fully saturated rings. The van der Waals surface area contributed by atoms with E-state index in [1.165, 1.54) is 4.90 Å². The number of hydrogen-bond acceptors (Lipinski definition) is 4. The predicted molar refractivity (Wildman–Crippen MR) is 108 cm³/mol. The first-order chi connectivity index (χ1) is 14.4. The standard InChI is InChI=1S/C23H23N3O4/c1-13(27)19-17-18(23(25-19)15-9-5-6-10-16(15)24-22(23)30)21(29)26(20(17)28)12-11-14-7-3-2-4-8-14/h2-10,13,17-19,25,27H,11-12H2,1H3,(H,24,30)/p+1/t13-,17+,18+,19+,23+/m1/s1. The molecule has 7 heteroatoms. The lowest BCUT2D eigenvalue weighted by molar-refractivity contribution is -0.738. The molecule has 0 saturated carbocycles. The normalized spacial score (nSPS) is 30.5. The van der Waals surface area contributed by atoms with E-state index < -0.39 is 29.5 Å². The molecule has 30 heavy (non-hydrogen) atoms. The lowest BCUT2D eigenvalue weighted by Gasteiger charge is -2.27. The Morgan fingerprint density at radius 3 is 2.50 bits per heavy atom. The van der Waals surface area contributed by atoms with Crippen LogP contribution in [0, 0.1) is 11.8 Å². The first kappa shape index (κ1) is 19.0. The van der Waals surface area contributed by atoms with E-state index in [-0.39, 0.29) is 24.3 Å². The number of aliphatic hydroxyl groups excluding tert-OH is 1. The van der Waals surface area contributed by atoms with Crippen molar-refractivity contribution in [2.45, 2.75) is 31.0 Å². The quantitative estimate of drug-likeness (QED) is 0.622. The van der Waals surface area contributed by atoms with Crippen molar-refractivity contribution in [1.29, 1.82) is 0 Å². The number of carbonyl (C=O) groups excluding carboxylic acids is 3. The molecule has 7 nitrogen and oxygen atoms in total.